The number of hydrogen-bond acceptors (Lipinski definition) is 5. The Hall–Kier alpha value is -1.95. The molecule has 2 rings (SSSR count). The fraction of sp³-hybridized carbons (Fsp3) is 0.250. The minimum absolute atomic E-state index is 0.238. The third kappa shape index (κ3) is 2.48. The van der Waals surface area contributed by atoms with E-state index in [0.29, 0.717) is 5.69 Å². The summed E-state index contributed by atoms with van der Waals surface area (Å²) in [6.45, 7) is 3.78. The third-order valence-corrected chi connectivity index (χ3v) is 3.54. The summed E-state index contributed by atoms with van der Waals surface area (Å²) >= 11 is 1.49. The fourth-order valence-electron chi connectivity index (χ4n) is 1.54. The molecule has 0 radical (unpaired) electrons. The van der Waals surface area contributed by atoms with Crippen LogP contribution in [0.15, 0.2) is 29.9 Å². The zero-order chi connectivity index (χ0) is 13.2. The van der Waals surface area contributed by atoms with Crippen LogP contribution in [0.1, 0.15) is 29.3 Å². The van der Waals surface area contributed by atoms with Gasteiger partial charge < -0.3 is 11.1 Å². The minimum Gasteiger partial charge on any atom is -0.397 e. The molecule has 0 unspecified atom stereocenters. The second-order valence-electron chi connectivity index (χ2n) is 4.36. The van der Waals surface area contributed by atoms with Gasteiger partial charge in [0.25, 0.3) is 5.91 Å². The molecule has 3 N–H and O–H groups in total. The molecule has 0 aliphatic rings. The van der Waals surface area contributed by atoms with E-state index in [9.17, 15) is 4.79 Å². The van der Waals surface area contributed by atoms with Crippen LogP contribution in [-0.4, -0.2) is 15.9 Å². The first-order chi connectivity index (χ1) is 8.50. The molecule has 1 amide bonds. The summed E-state index contributed by atoms with van der Waals surface area (Å²) in [6.07, 6.45) is 3.25. The Morgan fingerprint density at radius 1 is 1.39 bits per heavy atom. The molecule has 94 valence electrons. The number of thiazole rings is 1. The lowest BCUT2D eigenvalue weighted by atomic mass is 10.1. The molecule has 5 nitrogen and oxygen atoms in total. The van der Waals surface area contributed by atoms with Gasteiger partial charge in [-0.05, 0) is 26.0 Å². The lowest BCUT2D eigenvalue weighted by Crippen LogP contribution is -2.41. The first-order valence-corrected chi connectivity index (χ1v) is 6.31. The maximum atomic E-state index is 12.1. The van der Waals surface area contributed by atoms with Crippen molar-refractivity contribution in [1.29, 1.82) is 0 Å². The summed E-state index contributed by atoms with van der Waals surface area (Å²) in [5.41, 5.74) is 5.78. The molecule has 0 atom stereocenters. The van der Waals surface area contributed by atoms with Crippen molar-refractivity contribution in [2.75, 3.05) is 5.73 Å². The quantitative estimate of drug-likeness (QED) is 0.883. The Bertz CT molecular complexity index is 551. The number of carbonyl (C=O) groups is 1. The van der Waals surface area contributed by atoms with Crippen LogP contribution in [0.3, 0.4) is 0 Å². The van der Waals surface area contributed by atoms with Crippen LogP contribution in [0.5, 0.6) is 0 Å². The van der Waals surface area contributed by atoms with Gasteiger partial charge in [-0.15, -0.1) is 11.3 Å². The molecule has 0 aliphatic carbocycles. The van der Waals surface area contributed by atoms with E-state index in [1.54, 1.807) is 24.5 Å². The van der Waals surface area contributed by atoms with E-state index < -0.39 is 5.54 Å². The van der Waals surface area contributed by atoms with Crippen molar-refractivity contribution >= 4 is 22.9 Å². The van der Waals surface area contributed by atoms with E-state index in [4.69, 9.17) is 5.73 Å². The Morgan fingerprint density at radius 3 is 2.78 bits per heavy atom. The monoisotopic (exact) mass is 262 g/mol. The van der Waals surface area contributed by atoms with Gasteiger partial charge in [0, 0.05) is 17.8 Å². The van der Waals surface area contributed by atoms with E-state index in [1.165, 1.54) is 11.3 Å². The Balaban J connectivity index is 2.20. The highest BCUT2D eigenvalue weighted by Crippen LogP contribution is 2.22. The summed E-state index contributed by atoms with van der Waals surface area (Å²) in [4.78, 5) is 20.3. The Labute approximate surface area is 109 Å². The molecule has 0 aliphatic heterocycles. The number of amides is 1. The molecular formula is C12H14N4OS. The number of hydrogen-bond donors (Lipinski definition) is 2. The first-order valence-electron chi connectivity index (χ1n) is 5.43. The largest absolute Gasteiger partial charge is 0.397 e. The van der Waals surface area contributed by atoms with Gasteiger partial charge in [-0.2, -0.15) is 0 Å². The average molecular weight is 262 g/mol. The summed E-state index contributed by atoms with van der Waals surface area (Å²) < 4.78 is 0. The van der Waals surface area contributed by atoms with Crippen molar-refractivity contribution in [3.8, 4) is 0 Å². The highest BCUT2D eigenvalue weighted by Gasteiger charge is 2.27. The lowest BCUT2D eigenvalue weighted by molar-refractivity contribution is 0.0908. The Morgan fingerprint density at radius 2 is 2.17 bits per heavy atom. The highest BCUT2D eigenvalue weighted by atomic mass is 32.1. The van der Waals surface area contributed by atoms with Gasteiger partial charge in [0.05, 0.1) is 11.2 Å². The minimum atomic E-state index is -0.546. The number of nitrogens with zero attached hydrogens (tertiary/aromatic N) is 2. The van der Waals surface area contributed by atoms with E-state index in [1.807, 2.05) is 19.2 Å². The molecule has 0 aromatic carbocycles. The summed E-state index contributed by atoms with van der Waals surface area (Å²) in [7, 11) is 0. The van der Waals surface area contributed by atoms with E-state index in [2.05, 4.69) is 15.3 Å². The standard InChI is InChI=1S/C12H14N4OS/c1-12(2,11-15-6-7-18-11)16-10(17)9-8(13)4-3-5-14-9/h3-7H,13H2,1-2H3,(H,16,17). The van der Waals surface area contributed by atoms with E-state index >= 15 is 0 Å². The zero-order valence-corrected chi connectivity index (χ0v) is 11.0. The smallest absolute Gasteiger partial charge is 0.272 e. The van der Waals surface area contributed by atoms with E-state index in [-0.39, 0.29) is 11.6 Å². The maximum absolute atomic E-state index is 12.1. The maximum Gasteiger partial charge on any atom is 0.272 e. The second kappa shape index (κ2) is 4.73. The molecule has 0 fully saturated rings. The third-order valence-electron chi connectivity index (χ3n) is 2.45. The van der Waals surface area contributed by atoms with Crippen LogP contribution in [0, 0.1) is 0 Å². The van der Waals surface area contributed by atoms with Gasteiger partial charge in [-0.3, -0.25) is 4.79 Å². The molecule has 0 saturated carbocycles. The number of nitrogens with one attached hydrogen (secondary N) is 1. The second-order valence-corrected chi connectivity index (χ2v) is 5.25. The summed E-state index contributed by atoms with van der Waals surface area (Å²) in [5.74, 6) is -0.298. The van der Waals surface area contributed by atoms with Crippen molar-refractivity contribution in [3.05, 3.63) is 40.6 Å². The number of pyridine rings is 1. The van der Waals surface area contributed by atoms with Gasteiger partial charge in [0.1, 0.15) is 5.01 Å². The van der Waals surface area contributed by atoms with Crippen molar-refractivity contribution in [3.63, 3.8) is 0 Å². The molecule has 0 saturated heterocycles. The molecule has 2 aromatic rings. The predicted octanol–water partition coefficient (Wildman–Crippen LogP) is 1.79. The highest BCUT2D eigenvalue weighted by molar-refractivity contribution is 7.09. The molecule has 18 heavy (non-hydrogen) atoms. The summed E-state index contributed by atoms with van der Waals surface area (Å²) in [6, 6.07) is 3.34. The molecule has 2 heterocycles. The number of carbonyl (C=O) groups excluding carboxylic acids is 1. The van der Waals surface area contributed by atoms with Crippen molar-refractivity contribution in [2.45, 2.75) is 19.4 Å². The van der Waals surface area contributed by atoms with Gasteiger partial charge in [-0.1, -0.05) is 0 Å². The van der Waals surface area contributed by atoms with Gasteiger partial charge >= 0.3 is 0 Å². The Kier molecular flexibility index (Phi) is 3.29. The van der Waals surface area contributed by atoms with E-state index in [0.717, 1.165) is 5.01 Å². The molecular weight excluding hydrogens is 248 g/mol. The average Bonchev–Trinajstić information content (AvgIpc) is 2.82. The van der Waals surface area contributed by atoms with Crippen LogP contribution in [0.2, 0.25) is 0 Å². The molecule has 2 aromatic heterocycles. The first kappa shape index (κ1) is 12.5. The number of rotatable bonds is 3. The van der Waals surface area contributed by atoms with Gasteiger partial charge in [0.15, 0.2) is 5.69 Å². The number of anilines is 1. The molecule has 0 spiro atoms. The van der Waals surface area contributed by atoms with Crippen LogP contribution in [-0.2, 0) is 5.54 Å². The molecule has 0 bridgehead atoms. The van der Waals surface area contributed by atoms with Crippen LogP contribution >= 0.6 is 11.3 Å². The van der Waals surface area contributed by atoms with Crippen molar-refractivity contribution in [1.82, 2.24) is 15.3 Å². The number of nitrogen functional groups attached to an aromatic ring is 1. The van der Waals surface area contributed by atoms with Crippen molar-refractivity contribution < 1.29 is 4.79 Å². The van der Waals surface area contributed by atoms with Gasteiger partial charge in [0.2, 0.25) is 0 Å². The predicted molar refractivity (Wildman–Crippen MR) is 71.3 cm³/mol. The topological polar surface area (TPSA) is 80.9 Å². The normalized spacial score (nSPS) is 11.2. The SMILES string of the molecule is CC(C)(NC(=O)c1ncccc1N)c1nccs1. The lowest BCUT2D eigenvalue weighted by Gasteiger charge is -2.23. The zero-order valence-electron chi connectivity index (χ0n) is 10.2. The number of nitrogens with two attached hydrogens (primary N) is 1. The van der Waals surface area contributed by atoms with Gasteiger partial charge in [-0.25, -0.2) is 9.97 Å². The van der Waals surface area contributed by atoms with Crippen LogP contribution in [0.4, 0.5) is 5.69 Å². The summed E-state index contributed by atoms with van der Waals surface area (Å²) in [5, 5.41) is 5.59. The number of aromatic nitrogens is 2. The molecule has 6 heteroatoms. The van der Waals surface area contributed by atoms with Crippen LogP contribution < -0.4 is 11.1 Å². The fourth-order valence-corrected chi connectivity index (χ4v) is 2.25. The van der Waals surface area contributed by atoms with Crippen LogP contribution in [0.25, 0.3) is 0 Å². The van der Waals surface area contributed by atoms with Crippen molar-refractivity contribution in [2.24, 2.45) is 0 Å².